The standard InChI is InChI=1S/C5H7N3S/c1-4(3-6)9-5(7)8-2/h1H2,2H3,(H2,7,8). The van der Waals surface area contributed by atoms with E-state index in [0.29, 0.717) is 4.91 Å². The van der Waals surface area contributed by atoms with Crippen LogP contribution >= 0.6 is 11.8 Å². The largest absolute Gasteiger partial charge is 0.368 e. The van der Waals surface area contributed by atoms with Crippen LogP contribution in [0.25, 0.3) is 0 Å². The number of nitrogens with zero attached hydrogens (tertiary/aromatic N) is 1. The van der Waals surface area contributed by atoms with Gasteiger partial charge in [0.2, 0.25) is 0 Å². The van der Waals surface area contributed by atoms with Gasteiger partial charge >= 0.3 is 0 Å². The van der Waals surface area contributed by atoms with Gasteiger partial charge < -0.3 is 5.32 Å². The Labute approximate surface area is 58.3 Å². The molecule has 0 unspecified atom stereocenters. The Morgan fingerprint density at radius 1 is 1.89 bits per heavy atom. The first kappa shape index (κ1) is 8.05. The molecular weight excluding hydrogens is 134 g/mol. The van der Waals surface area contributed by atoms with E-state index >= 15 is 0 Å². The molecule has 0 atom stereocenters. The van der Waals surface area contributed by atoms with Crippen LogP contribution in [0.5, 0.6) is 0 Å². The van der Waals surface area contributed by atoms with Gasteiger partial charge in [0.1, 0.15) is 6.07 Å². The number of rotatable bonds is 1. The number of hydrogen-bond acceptors (Lipinski definition) is 3. The van der Waals surface area contributed by atoms with Crippen LogP contribution in [0.3, 0.4) is 0 Å². The van der Waals surface area contributed by atoms with Gasteiger partial charge in [0.05, 0.1) is 4.91 Å². The summed E-state index contributed by atoms with van der Waals surface area (Å²) in [5.74, 6) is 0. The Bertz CT molecular complexity index is 168. The number of thioether (sulfide) groups is 1. The summed E-state index contributed by atoms with van der Waals surface area (Å²) in [4.78, 5) is 0.328. The molecule has 0 amide bonds. The highest BCUT2D eigenvalue weighted by atomic mass is 32.2. The number of amidine groups is 1. The van der Waals surface area contributed by atoms with Crippen LogP contribution in [0.2, 0.25) is 0 Å². The fraction of sp³-hybridized carbons (Fsp3) is 0.200. The van der Waals surface area contributed by atoms with Crippen molar-refractivity contribution in [2.24, 2.45) is 0 Å². The summed E-state index contributed by atoms with van der Waals surface area (Å²) in [7, 11) is 1.62. The quantitative estimate of drug-likeness (QED) is 0.324. The van der Waals surface area contributed by atoms with Gasteiger partial charge in [0.15, 0.2) is 5.17 Å². The number of allylic oxidation sites excluding steroid dienone is 1. The molecule has 0 spiro atoms. The third-order valence-electron chi connectivity index (χ3n) is 0.577. The lowest BCUT2D eigenvalue weighted by molar-refractivity contribution is 1.18. The minimum atomic E-state index is 0.238. The van der Waals surface area contributed by atoms with Crippen molar-refractivity contribution in [3.63, 3.8) is 0 Å². The average molecular weight is 141 g/mol. The maximum absolute atomic E-state index is 8.18. The van der Waals surface area contributed by atoms with Gasteiger partial charge in [-0.3, -0.25) is 5.41 Å². The lowest BCUT2D eigenvalue weighted by Gasteiger charge is -1.96. The SMILES string of the molecule is C=C(C#N)SC(=N)NC. The van der Waals surface area contributed by atoms with Gasteiger partial charge in [-0.05, 0) is 11.8 Å². The normalized spacial score (nSPS) is 7.56. The van der Waals surface area contributed by atoms with Crippen molar-refractivity contribution >= 4 is 16.9 Å². The van der Waals surface area contributed by atoms with E-state index in [4.69, 9.17) is 10.7 Å². The van der Waals surface area contributed by atoms with Crippen molar-refractivity contribution in [2.75, 3.05) is 7.05 Å². The van der Waals surface area contributed by atoms with Crippen molar-refractivity contribution in [1.29, 1.82) is 10.7 Å². The summed E-state index contributed by atoms with van der Waals surface area (Å²) in [6, 6.07) is 1.82. The molecule has 0 aliphatic rings. The summed E-state index contributed by atoms with van der Waals surface area (Å²) in [5.41, 5.74) is 0. The topological polar surface area (TPSA) is 59.7 Å². The summed E-state index contributed by atoms with van der Waals surface area (Å²) < 4.78 is 0. The van der Waals surface area contributed by atoms with E-state index in [1.165, 1.54) is 0 Å². The maximum Gasteiger partial charge on any atom is 0.159 e. The van der Waals surface area contributed by atoms with E-state index in [-0.39, 0.29) is 5.17 Å². The molecule has 0 aromatic rings. The van der Waals surface area contributed by atoms with E-state index in [2.05, 4.69) is 11.9 Å². The van der Waals surface area contributed by atoms with Gasteiger partial charge in [-0.2, -0.15) is 5.26 Å². The zero-order chi connectivity index (χ0) is 7.28. The molecular formula is C5H7N3S. The third kappa shape index (κ3) is 3.62. The molecule has 2 N–H and O–H groups in total. The van der Waals surface area contributed by atoms with Crippen LogP contribution in [0.15, 0.2) is 11.5 Å². The number of hydrogen-bond donors (Lipinski definition) is 2. The second-order valence-electron chi connectivity index (χ2n) is 1.22. The summed E-state index contributed by atoms with van der Waals surface area (Å²) in [6.07, 6.45) is 0. The zero-order valence-corrected chi connectivity index (χ0v) is 5.88. The second-order valence-corrected chi connectivity index (χ2v) is 2.32. The molecule has 0 aliphatic heterocycles. The monoisotopic (exact) mass is 141 g/mol. The van der Waals surface area contributed by atoms with Crippen LogP contribution in [0.4, 0.5) is 0 Å². The third-order valence-corrected chi connectivity index (χ3v) is 1.32. The highest BCUT2D eigenvalue weighted by Gasteiger charge is 1.95. The molecule has 0 fully saturated rings. The highest BCUT2D eigenvalue weighted by molar-refractivity contribution is 8.17. The fourth-order valence-electron chi connectivity index (χ4n) is 0.197. The molecule has 0 rings (SSSR count). The van der Waals surface area contributed by atoms with E-state index in [1.807, 2.05) is 6.07 Å². The van der Waals surface area contributed by atoms with Crippen LogP contribution in [-0.4, -0.2) is 12.2 Å². The van der Waals surface area contributed by atoms with Gasteiger partial charge in [0.25, 0.3) is 0 Å². The predicted molar refractivity (Wildman–Crippen MR) is 39.1 cm³/mol. The maximum atomic E-state index is 8.18. The molecule has 0 aliphatic carbocycles. The van der Waals surface area contributed by atoms with Crippen molar-refractivity contribution in [3.05, 3.63) is 11.5 Å². The van der Waals surface area contributed by atoms with E-state index in [9.17, 15) is 0 Å². The Hall–Kier alpha value is -0.950. The first-order valence-electron chi connectivity index (χ1n) is 2.24. The lowest BCUT2D eigenvalue weighted by atomic mass is 10.7. The second kappa shape index (κ2) is 3.98. The highest BCUT2D eigenvalue weighted by Crippen LogP contribution is 2.10. The van der Waals surface area contributed by atoms with Gasteiger partial charge in [-0.25, -0.2) is 0 Å². The smallest absolute Gasteiger partial charge is 0.159 e. The van der Waals surface area contributed by atoms with Gasteiger partial charge in [0, 0.05) is 7.05 Å². The van der Waals surface area contributed by atoms with E-state index < -0.39 is 0 Å². The van der Waals surface area contributed by atoms with Crippen LogP contribution in [0.1, 0.15) is 0 Å². The Morgan fingerprint density at radius 3 is 2.78 bits per heavy atom. The fourth-order valence-corrected chi connectivity index (χ4v) is 0.591. The van der Waals surface area contributed by atoms with Crippen molar-refractivity contribution in [3.8, 4) is 6.07 Å². The molecule has 0 heterocycles. The molecule has 4 heteroatoms. The Kier molecular flexibility index (Phi) is 3.56. The molecule has 0 saturated carbocycles. The average Bonchev–Trinajstić information content (AvgIpc) is 1.87. The molecule has 48 valence electrons. The molecule has 3 nitrogen and oxygen atoms in total. The predicted octanol–water partition coefficient (Wildman–Crippen LogP) is 0.911. The summed E-state index contributed by atoms with van der Waals surface area (Å²) in [5, 5.41) is 18.0. The minimum Gasteiger partial charge on any atom is -0.368 e. The van der Waals surface area contributed by atoms with Crippen LogP contribution in [0, 0.1) is 16.7 Å². The summed E-state index contributed by atoms with van der Waals surface area (Å²) in [6.45, 7) is 3.38. The van der Waals surface area contributed by atoms with Gasteiger partial charge in [-0.15, -0.1) is 0 Å². The van der Waals surface area contributed by atoms with Crippen molar-refractivity contribution in [1.82, 2.24) is 5.32 Å². The van der Waals surface area contributed by atoms with Crippen molar-refractivity contribution in [2.45, 2.75) is 0 Å². The first-order chi connectivity index (χ1) is 4.20. The van der Waals surface area contributed by atoms with Gasteiger partial charge in [-0.1, -0.05) is 6.58 Å². The van der Waals surface area contributed by atoms with E-state index in [1.54, 1.807) is 7.05 Å². The van der Waals surface area contributed by atoms with Crippen LogP contribution < -0.4 is 5.32 Å². The Balaban J connectivity index is 3.64. The minimum absolute atomic E-state index is 0.238. The number of nitrogens with one attached hydrogen (secondary N) is 2. The Morgan fingerprint density at radius 2 is 2.44 bits per heavy atom. The van der Waals surface area contributed by atoms with E-state index in [0.717, 1.165) is 11.8 Å². The van der Waals surface area contributed by atoms with Crippen LogP contribution in [-0.2, 0) is 0 Å². The van der Waals surface area contributed by atoms with Crippen molar-refractivity contribution < 1.29 is 0 Å². The zero-order valence-electron chi connectivity index (χ0n) is 5.06. The molecule has 0 bridgehead atoms. The molecule has 0 aromatic heterocycles. The molecule has 0 saturated heterocycles. The molecule has 0 radical (unpaired) electrons. The lowest BCUT2D eigenvalue weighted by Crippen LogP contribution is -2.11. The molecule has 0 aromatic carbocycles. The first-order valence-corrected chi connectivity index (χ1v) is 3.05. The molecule has 9 heavy (non-hydrogen) atoms. The number of nitriles is 1. The summed E-state index contributed by atoms with van der Waals surface area (Å²) >= 11 is 1.02.